The van der Waals surface area contributed by atoms with E-state index in [1.54, 1.807) is 27.9 Å². The van der Waals surface area contributed by atoms with E-state index in [4.69, 9.17) is 38.3 Å². The van der Waals surface area contributed by atoms with Crippen LogP contribution < -0.4 is 0 Å². The average molecular weight is 821 g/mol. The van der Waals surface area contributed by atoms with Gasteiger partial charge in [-0.1, -0.05) is 20.8 Å². The van der Waals surface area contributed by atoms with Crippen LogP contribution in [0.2, 0.25) is 0 Å². The number of aliphatic hydroxyl groups is 4. The quantitative estimate of drug-likeness (QED) is 0.142. The Morgan fingerprint density at radius 1 is 1.00 bits per heavy atom. The predicted octanol–water partition coefficient (Wildman–Crippen LogP) is 2.40. The molecule has 0 radical (unpaired) electrons. The molecule has 16 nitrogen and oxygen atoms in total. The molecule has 3 aliphatic rings. The van der Waals surface area contributed by atoms with Gasteiger partial charge in [-0.25, -0.2) is 0 Å². The molecule has 334 valence electrons. The van der Waals surface area contributed by atoms with Gasteiger partial charge in [0.25, 0.3) is 0 Å². The first-order valence-electron chi connectivity index (χ1n) is 20.8. The van der Waals surface area contributed by atoms with E-state index in [0.29, 0.717) is 19.4 Å². The van der Waals surface area contributed by atoms with Crippen LogP contribution in [0.4, 0.5) is 0 Å². The highest BCUT2D eigenvalue weighted by molar-refractivity contribution is 5.73. The topological polar surface area (TPSA) is 206 Å². The lowest BCUT2D eigenvalue weighted by atomic mass is 9.83. The first-order valence-corrected chi connectivity index (χ1v) is 20.8. The van der Waals surface area contributed by atoms with Gasteiger partial charge in [0.2, 0.25) is 0 Å². The third kappa shape index (κ3) is 12.5. The van der Waals surface area contributed by atoms with Crippen LogP contribution in [0, 0.1) is 17.8 Å². The second-order valence-electron chi connectivity index (χ2n) is 17.8. The molecule has 5 N–H and O–H groups in total. The van der Waals surface area contributed by atoms with Gasteiger partial charge in [-0.15, -0.1) is 0 Å². The Bertz CT molecular complexity index is 1260. The Kier molecular flexibility index (Phi) is 18.6. The molecular weight excluding hydrogens is 744 g/mol. The molecule has 57 heavy (non-hydrogen) atoms. The Balaban J connectivity index is 2.09. The highest BCUT2D eigenvalue weighted by Gasteiger charge is 2.51. The van der Waals surface area contributed by atoms with Gasteiger partial charge < -0.3 is 68.5 Å². The SMILES string of the molecule is CC[C@H]1OC(=O)[C@H](C)[C@@H](OC2C[C@@](C)(OC)[C@@H](OCCCC(=O)O)[C@H](C)O2)[C@H](C)[C@@H](O[C@@H]2O[C@H](C)C[C@H](N(C)C)[C@H]2O)[C@H](O)C[C@@H](C)CN(C)[C@H](C)[C@H](O)[C@]1(C)O. The minimum atomic E-state index is -1.82. The Labute approximate surface area is 340 Å². The van der Waals surface area contributed by atoms with Gasteiger partial charge >= 0.3 is 11.9 Å². The molecule has 3 saturated heterocycles. The number of methoxy groups -OCH3 is 1. The summed E-state index contributed by atoms with van der Waals surface area (Å²) in [5.41, 5.74) is -2.75. The average Bonchev–Trinajstić information content (AvgIpc) is 3.13. The van der Waals surface area contributed by atoms with Gasteiger partial charge in [0.1, 0.15) is 30.0 Å². The fourth-order valence-corrected chi connectivity index (χ4v) is 8.96. The monoisotopic (exact) mass is 821 g/mol. The number of cyclic esters (lactones) is 1. The number of carboxylic acid groups (broad SMARTS) is 1. The summed E-state index contributed by atoms with van der Waals surface area (Å²) in [6, 6.07) is -0.825. The number of rotatable bonds is 12. The molecule has 0 aromatic rings. The Morgan fingerprint density at radius 3 is 2.23 bits per heavy atom. The summed E-state index contributed by atoms with van der Waals surface area (Å²) in [6.07, 6.45) is -8.59. The molecule has 0 aromatic heterocycles. The van der Waals surface area contributed by atoms with Gasteiger partial charge in [-0.2, -0.15) is 0 Å². The van der Waals surface area contributed by atoms with Gasteiger partial charge in [-0.3, -0.25) is 9.59 Å². The Morgan fingerprint density at radius 2 is 1.65 bits per heavy atom. The fraction of sp³-hybridized carbons (Fsp3) is 0.951. The first-order chi connectivity index (χ1) is 26.5. The standard InChI is InChI=1S/C41H76N2O14/c1-14-30-41(9,50)36(48)26(6)43(12)21-22(2)18-29(44)35(57-39-33(47)28(42(10)11)19-23(3)53-39)24(4)34(25(5)38(49)55-30)56-32-20-40(8,51-13)37(27(7)54-32)52-17-15-16-31(45)46/h22-30,32-37,39,44,47-48,50H,14-21H2,1-13H3,(H,45,46)/t22-,23-,24+,25-,26-,27+,28+,29-,30-,32?,33-,34+,35-,36+,37+,39+,40-,41-/m1/s1. The zero-order chi connectivity index (χ0) is 43.2. The van der Waals surface area contributed by atoms with Crippen molar-refractivity contribution in [3.63, 3.8) is 0 Å². The van der Waals surface area contributed by atoms with Crippen LogP contribution in [0.1, 0.15) is 101 Å². The number of carboxylic acids is 1. The number of carbonyl (C=O) groups is 2. The second-order valence-corrected chi connectivity index (χ2v) is 17.8. The largest absolute Gasteiger partial charge is 0.481 e. The summed E-state index contributed by atoms with van der Waals surface area (Å²) in [4.78, 5) is 29.2. The van der Waals surface area contributed by atoms with E-state index in [2.05, 4.69) is 0 Å². The highest BCUT2D eigenvalue weighted by Crippen LogP contribution is 2.39. The summed E-state index contributed by atoms with van der Waals surface area (Å²) >= 11 is 0. The van der Waals surface area contributed by atoms with Crippen molar-refractivity contribution >= 4 is 11.9 Å². The second kappa shape index (κ2) is 21.3. The molecule has 0 bridgehead atoms. The lowest BCUT2D eigenvalue weighted by Gasteiger charge is -2.48. The Hall–Kier alpha value is -1.54. The van der Waals surface area contributed by atoms with E-state index in [1.807, 2.05) is 65.6 Å². The molecule has 0 saturated carbocycles. The maximum atomic E-state index is 14.3. The number of carbonyl (C=O) groups excluding carboxylic acids is 1. The van der Waals surface area contributed by atoms with Crippen molar-refractivity contribution in [1.29, 1.82) is 0 Å². The number of aliphatic carboxylic acids is 1. The van der Waals surface area contributed by atoms with Crippen molar-refractivity contribution in [2.24, 2.45) is 17.8 Å². The van der Waals surface area contributed by atoms with E-state index in [9.17, 15) is 30.0 Å². The van der Waals surface area contributed by atoms with E-state index < -0.39 is 102 Å². The van der Waals surface area contributed by atoms with Crippen molar-refractivity contribution < 1.29 is 68.3 Å². The first kappa shape index (κ1) is 49.8. The lowest BCUT2D eigenvalue weighted by molar-refractivity contribution is -0.315. The van der Waals surface area contributed by atoms with Crippen molar-refractivity contribution in [3.05, 3.63) is 0 Å². The summed E-state index contributed by atoms with van der Waals surface area (Å²) in [5, 5.41) is 56.1. The van der Waals surface area contributed by atoms with Gasteiger partial charge in [0.15, 0.2) is 12.6 Å². The molecule has 18 atom stereocenters. The minimum Gasteiger partial charge on any atom is -0.481 e. The third-order valence-corrected chi connectivity index (χ3v) is 12.7. The van der Waals surface area contributed by atoms with Crippen LogP contribution in [-0.4, -0.2) is 179 Å². The third-order valence-electron chi connectivity index (χ3n) is 12.7. The van der Waals surface area contributed by atoms with Crippen molar-refractivity contribution in [1.82, 2.24) is 9.80 Å². The molecule has 0 aliphatic carbocycles. The molecule has 3 heterocycles. The molecule has 0 spiro atoms. The molecule has 0 aromatic carbocycles. The zero-order valence-electron chi connectivity index (χ0n) is 36.7. The van der Waals surface area contributed by atoms with E-state index >= 15 is 0 Å². The van der Waals surface area contributed by atoms with E-state index in [-0.39, 0.29) is 50.4 Å². The van der Waals surface area contributed by atoms with Gasteiger partial charge in [-0.05, 0) is 94.3 Å². The fourth-order valence-electron chi connectivity index (χ4n) is 8.96. The number of nitrogens with zero attached hydrogens (tertiary/aromatic N) is 2. The number of esters is 1. The predicted molar refractivity (Wildman–Crippen MR) is 210 cm³/mol. The van der Waals surface area contributed by atoms with Crippen LogP contribution in [-0.2, 0) is 42.7 Å². The summed E-state index contributed by atoms with van der Waals surface area (Å²) in [7, 11) is 7.14. The van der Waals surface area contributed by atoms with Crippen molar-refractivity contribution in [2.45, 2.75) is 192 Å². The number of ether oxygens (including phenoxy) is 7. The van der Waals surface area contributed by atoms with Crippen LogP contribution in [0.5, 0.6) is 0 Å². The van der Waals surface area contributed by atoms with Crippen molar-refractivity contribution in [2.75, 3.05) is 41.4 Å². The van der Waals surface area contributed by atoms with Crippen molar-refractivity contribution in [3.8, 4) is 0 Å². The maximum Gasteiger partial charge on any atom is 0.311 e. The highest BCUT2D eigenvalue weighted by atomic mass is 16.7. The summed E-state index contributed by atoms with van der Waals surface area (Å²) in [5.74, 6) is -3.51. The zero-order valence-corrected chi connectivity index (χ0v) is 36.7. The van der Waals surface area contributed by atoms with Crippen LogP contribution in [0.25, 0.3) is 0 Å². The molecule has 3 aliphatic heterocycles. The summed E-state index contributed by atoms with van der Waals surface area (Å²) in [6.45, 7) is 16.7. The molecule has 16 heteroatoms. The minimum absolute atomic E-state index is 0.0422. The molecular formula is C41H76N2O14. The van der Waals surface area contributed by atoms with E-state index in [1.165, 1.54) is 6.92 Å². The maximum absolute atomic E-state index is 14.3. The molecule has 0 amide bonds. The normalized spacial score (nSPS) is 44.9. The van der Waals surface area contributed by atoms with Gasteiger partial charge in [0.05, 0.1) is 42.0 Å². The number of likely N-dealkylation sites (N-methyl/N-ethyl adjacent to an activating group) is 2. The van der Waals surface area contributed by atoms with E-state index in [0.717, 1.165) is 0 Å². The van der Waals surface area contributed by atoms with Crippen LogP contribution in [0.15, 0.2) is 0 Å². The smallest absolute Gasteiger partial charge is 0.311 e. The van der Waals surface area contributed by atoms with Crippen LogP contribution >= 0.6 is 0 Å². The number of aliphatic hydroxyl groups excluding tert-OH is 3. The molecule has 3 rings (SSSR count). The number of hydrogen-bond acceptors (Lipinski definition) is 15. The molecule has 3 fully saturated rings. The van der Waals surface area contributed by atoms with Gasteiger partial charge in [0, 0.05) is 51.1 Å². The number of hydrogen-bond donors (Lipinski definition) is 5. The van der Waals surface area contributed by atoms with Crippen LogP contribution in [0.3, 0.4) is 0 Å². The molecule has 1 unspecified atom stereocenters. The lowest BCUT2D eigenvalue weighted by Crippen LogP contribution is -2.60. The summed E-state index contributed by atoms with van der Waals surface area (Å²) < 4.78 is 44.2.